The summed E-state index contributed by atoms with van der Waals surface area (Å²) in [6.07, 6.45) is -1.11. The van der Waals surface area contributed by atoms with Crippen LogP contribution in [0.15, 0.2) is 29.1 Å². The van der Waals surface area contributed by atoms with Crippen molar-refractivity contribution in [1.29, 1.82) is 0 Å². The van der Waals surface area contributed by atoms with Crippen LogP contribution in [0.4, 0.5) is 13.2 Å². The second-order valence-corrected chi connectivity index (χ2v) is 9.47. The minimum atomic E-state index is -5.08. The number of carbonyl (C=O) groups excluding carboxylic acids is 1. The Balaban J connectivity index is 0.000000454. The third-order valence-corrected chi connectivity index (χ3v) is 6.28. The molecule has 1 N–H and O–H groups in total. The second-order valence-electron chi connectivity index (χ2n) is 9.47. The van der Waals surface area contributed by atoms with Gasteiger partial charge >= 0.3 is 12.1 Å². The lowest BCUT2D eigenvalue weighted by Crippen LogP contribution is -2.45. The van der Waals surface area contributed by atoms with Gasteiger partial charge in [0.05, 0.1) is 30.3 Å². The minimum absolute atomic E-state index is 0.0596. The van der Waals surface area contributed by atoms with E-state index < -0.39 is 12.1 Å². The first-order valence-electron chi connectivity index (χ1n) is 11.8. The van der Waals surface area contributed by atoms with Gasteiger partial charge in [-0.15, -0.1) is 0 Å². The zero-order chi connectivity index (χ0) is 26.6. The Hall–Kier alpha value is -3.21. The van der Waals surface area contributed by atoms with Crippen molar-refractivity contribution in [2.45, 2.75) is 57.8 Å². The monoisotopic (exact) mass is 508 g/mol. The SMILES string of the molecule is Cc1ccc(CC(=O)N2CCc3nc4n(c(=O)c3C2)C(CN(C)C)CCC4)cc1.O=C(O)C(F)(F)F. The van der Waals surface area contributed by atoms with Gasteiger partial charge in [-0.3, -0.25) is 14.2 Å². The van der Waals surface area contributed by atoms with Crippen LogP contribution in [-0.4, -0.2) is 69.7 Å². The average molecular weight is 509 g/mol. The van der Waals surface area contributed by atoms with Crippen LogP contribution in [0.3, 0.4) is 0 Å². The van der Waals surface area contributed by atoms with Gasteiger partial charge in [0.25, 0.3) is 5.56 Å². The van der Waals surface area contributed by atoms with Crippen molar-refractivity contribution in [2.75, 3.05) is 27.2 Å². The number of aliphatic carboxylic acids is 1. The van der Waals surface area contributed by atoms with E-state index in [-0.39, 0.29) is 17.5 Å². The van der Waals surface area contributed by atoms with Crippen LogP contribution in [-0.2, 0) is 35.4 Å². The number of carbonyl (C=O) groups is 2. The molecule has 1 unspecified atom stereocenters. The summed E-state index contributed by atoms with van der Waals surface area (Å²) in [6, 6.07) is 8.23. The molecule has 1 atom stereocenters. The number of hydrogen-bond acceptors (Lipinski definition) is 5. The zero-order valence-corrected chi connectivity index (χ0v) is 20.6. The minimum Gasteiger partial charge on any atom is -0.475 e. The number of carboxylic acid groups (broad SMARTS) is 1. The predicted molar refractivity (Wildman–Crippen MR) is 127 cm³/mol. The highest BCUT2D eigenvalue weighted by atomic mass is 19.4. The molecule has 2 aromatic rings. The third kappa shape index (κ3) is 6.71. The predicted octanol–water partition coefficient (Wildman–Crippen LogP) is 2.75. The summed E-state index contributed by atoms with van der Waals surface area (Å²) in [5.74, 6) is -1.76. The fraction of sp³-hybridized carbons (Fsp3) is 0.520. The number of amides is 1. The molecular weight excluding hydrogens is 477 g/mol. The van der Waals surface area contributed by atoms with Gasteiger partial charge in [0.15, 0.2) is 0 Å². The van der Waals surface area contributed by atoms with Crippen LogP contribution in [0, 0.1) is 6.92 Å². The number of fused-ring (bicyclic) bond motifs is 2. The number of likely N-dealkylation sites (N-methyl/N-ethyl adjacent to an activating group) is 1. The maximum atomic E-state index is 13.4. The fourth-order valence-corrected chi connectivity index (χ4v) is 4.52. The first kappa shape index (κ1) is 27.4. The van der Waals surface area contributed by atoms with E-state index in [0.29, 0.717) is 31.5 Å². The maximum absolute atomic E-state index is 13.4. The number of nitrogens with zero attached hydrogens (tertiary/aromatic N) is 4. The van der Waals surface area contributed by atoms with Crippen molar-refractivity contribution >= 4 is 11.9 Å². The Bertz CT molecular complexity index is 1160. The molecular formula is C25H31F3N4O4. The largest absolute Gasteiger partial charge is 0.490 e. The van der Waals surface area contributed by atoms with Gasteiger partial charge in [-0.25, -0.2) is 9.78 Å². The molecule has 2 aliphatic heterocycles. The normalized spacial score (nSPS) is 17.1. The lowest BCUT2D eigenvalue weighted by molar-refractivity contribution is -0.192. The standard InChI is InChI=1S/C23H30N4O2.C2HF3O2/c1-16-7-9-17(10-8-16)13-22(28)26-12-11-20-19(15-26)23(29)27-18(14-25(2)3)5-4-6-21(27)24-20;3-2(4,5)1(6)7/h7-10,18H,4-6,11-15H2,1-3H3;(H,6,7). The Kier molecular flexibility index (Phi) is 8.55. The van der Waals surface area contributed by atoms with Crippen LogP contribution in [0.5, 0.6) is 0 Å². The summed E-state index contributed by atoms with van der Waals surface area (Å²) in [6.45, 7) is 3.89. The zero-order valence-electron chi connectivity index (χ0n) is 20.6. The van der Waals surface area contributed by atoms with E-state index in [2.05, 4.69) is 4.90 Å². The fourth-order valence-electron chi connectivity index (χ4n) is 4.52. The van der Waals surface area contributed by atoms with Crippen LogP contribution in [0.25, 0.3) is 0 Å². The average Bonchev–Trinajstić information content (AvgIpc) is 2.80. The molecule has 1 aromatic carbocycles. The van der Waals surface area contributed by atoms with E-state index in [1.807, 2.05) is 54.8 Å². The lowest BCUT2D eigenvalue weighted by Gasteiger charge is -2.33. The molecule has 0 saturated carbocycles. The van der Waals surface area contributed by atoms with Gasteiger partial charge < -0.3 is 14.9 Å². The maximum Gasteiger partial charge on any atom is 0.490 e. The second kappa shape index (κ2) is 11.2. The molecule has 0 radical (unpaired) electrons. The molecule has 0 saturated heterocycles. The summed E-state index contributed by atoms with van der Waals surface area (Å²) < 4.78 is 33.6. The van der Waals surface area contributed by atoms with Crippen molar-refractivity contribution in [2.24, 2.45) is 0 Å². The molecule has 0 bridgehead atoms. The molecule has 8 nitrogen and oxygen atoms in total. The third-order valence-electron chi connectivity index (χ3n) is 6.28. The summed E-state index contributed by atoms with van der Waals surface area (Å²) in [7, 11) is 4.08. The number of carboxylic acids is 1. The van der Waals surface area contributed by atoms with Gasteiger partial charge in [0.2, 0.25) is 5.91 Å². The molecule has 0 fully saturated rings. The van der Waals surface area contributed by atoms with E-state index in [1.54, 1.807) is 0 Å². The molecule has 1 aromatic heterocycles. The lowest BCUT2D eigenvalue weighted by atomic mass is 10.00. The molecule has 2 aliphatic rings. The van der Waals surface area contributed by atoms with Gasteiger partial charge in [0.1, 0.15) is 5.82 Å². The molecule has 36 heavy (non-hydrogen) atoms. The molecule has 0 aliphatic carbocycles. The van der Waals surface area contributed by atoms with Crippen molar-refractivity contribution in [1.82, 2.24) is 19.4 Å². The number of hydrogen-bond donors (Lipinski definition) is 1. The van der Waals surface area contributed by atoms with Crippen LogP contribution >= 0.6 is 0 Å². The summed E-state index contributed by atoms with van der Waals surface area (Å²) in [5, 5.41) is 7.12. The molecule has 196 valence electrons. The van der Waals surface area contributed by atoms with Crippen molar-refractivity contribution in [3.63, 3.8) is 0 Å². The van der Waals surface area contributed by atoms with E-state index in [1.165, 1.54) is 5.56 Å². The van der Waals surface area contributed by atoms with Crippen LogP contribution in [0.2, 0.25) is 0 Å². The van der Waals surface area contributed by atoms with Gasteiger partial charge in [-0.05, 0) is 39.4 Å². The van der Waals surface area contributed by atoms with Crippen LogP contribution in [0.1, 0.15) is 47.1 Å². The molecule has 0 spiro atoms. The smallest absolute Gasteiger partial charge is 0.475 e. The highest BCUT2D eigenvalue weighted by Crippen LogP contribution is 2.25. The number of aromatic nitrogens is 2. The van der Waals surface area contributed by atoms with E-state index in [9.17, 15) is 22.8 Å². The molecule has 1 amide bonds. The number of benzene rings is 1. The van der Waals surface area contributed by atoms with Gasteiger partial charge in [-0.1, -0.05) is 29.8 Å². The Morgan fingerprint density at radius 2 is 1.81 bits per heavy atom. The van der Waals surface area contributed by atoms with E-state index in [0.717, 1.165) is 42.9 Å². The van der Waals surface area contributed by atoms with Gasteiger partial charge in [-0.2, -0.15) is 13.2 Å². The first-order chi connectivity index (χ1) is 16.9. The number of halogens is 3. The van der Waals surface area contributed by atoms with E-state index in [4.69, 9.17) is 14.9 Å². The summed E-state index contributed by atoms with van der Waals surface area (Å²) >= 11 is 0. The van der Waals surface area contributed by atoms with Crippen molar-refractivity contribution < 1.29 is 27.9 Å². The summed E-state index contributed by atoms with van der Waals surface area (Å²) in [5.41, 5.74) is 3.86. The Morgan fingerprint density at radius 3 is 2.39 bits per heavy atom. The highest BCUT2D eigenvalue weighted by molar-refractivity contribution is 5.79. The number of rotatable bonds is 4. The van der Waals surface area contributed by atoms with Crippen LogP contribution < -0.4 is 5.56 Å². The quantitative estimate of drug-likeness (QED) is 0.683. The Morgan fingerprint density at radius 1 is 1.17 bits per heavy atom. The van der Waals surface area contributed by atoms with Crippen molar-refractivity contribution in [3.8, 4) is 0 Å². The molecule has 11 heteroatoms. The Labute approximate surface area is 207 Å². The highest BCUT2D eigenvalue weighted by Gasteiger charge is 2.38. The van der Waals surface area contributed by atoms with E-state index >= 15 is 0 Å². The van der Waals surface area contributed by atoms with Crippen molar-refractivity contribution in [3.05, 3.63) is 62.8 Å². The number of aryl methyl sites for hydroxylation is 2. The molecule has 4 rings (SSSR count). The van der Waals surface area contributed by atoms with Gasteiger partial charge in [0, 0.05) is 25.9 Å². The number of alkyl halides is 3. The first-order valence-corrected chi connectivity index (χ1v) is 11.8. The summed E-state index contributed by atoms with van der Waals surface area (Å²) in [4.78, 5) is 44.0. The molecule has 3 heterocycles. The topological polar surface area (TPSA) is 95.7 Å².